The summed E-state index contributed by atoms with van der Waals surface area (Å²) in [5, 5.41) is 57.0. The molecule has 8 unspecified atom stereocenters. The normalized spacial score (nSPS) is 19.5. The molecular weight excluding hydrogens is 979 g/mol. The average Bonchev–Trinajstić information content (AvgIpc) is 3.45. The molecule has 6 N–H and O–H groups in total. The van der Waals surface area contributed by atoms with Gasteiger partial charge in [0.15, 0.2) is 12.4 Å². The van der Waals surface area contributed by atoms with Crippen LogP contribution in [0.5, 0.6) is 0 Å². The fourth-order valence-corrected chi connectivity index (χ4v) is 9.54. The zero-order valence-corrected chi connectivity index (χ0v) is 49.8. The van der Waals surface area contributed by atoms with Crippen molar-refractivity contribution >= 4 is 11.9 Å². The van der Waals surface area contributed by atoms with Gasteiger partial charge in [-0.1, -0.05) is 266 Å². The van der Waals surface area contributed by atoms with Crippen molar-refractivity contribution in [1.82, 2.24) is 5.32 Å². The number of amides is 1. The van der Waals surface area contributed by atoms with Crippen molar-refractivity contribution in [2.24, 2.45) is 0 Å². The van der Waals surface area contributed by atoms with E-state index in [-0.39, 0.29) is 19.4 Å². The number of ether oxygens (including phenoxy) is 3. The van der Waals surface area contributed by atoms with E-state index in [1.165, 1.54) is 116 Å². The second-order valence-corrected chi connectivity index (χ2v) is 21.8. The molecule has 78 heavy (non-hydrogen) atoms. The van der Waals surface area contributed by atoms with Crippen LogP contribution in [0.1, 0.15) is 265 Å². The Morgan fingerprint density at radius 1 is 0.513 bits per heavy atom. The molecular formula is C67H117NO10. The number of carbonyl (C=O) groups excluding carboxylic acids is 2. The Hall–Kier alpha value is -3.16. The van der Waals surface area contributed by atoms with Crippen molar-refractivity contribution in [1.29, 1.82) is 0 Å². The largest absolute Gasteiger partial charge is 0.454 e. The van der Waals surface area contributed by atoms with Gasteiger partial charge in [0.25, 0.3) is 0 Å². The van der Waals surface area contributed by atoms with Crippen LogP contribution in [0, 0.1) is 0 Å². The smallest absolute Gasteiger partial charge is 0.306 e. The summed E-state index contributed by atoms with van der Waals surface area (Å²) in [5.74, 6) is -1.22. The summed E-state index contributed by atoms with van der Waals surface area (Å²) in [4.78, 5) is 26.6. The van der Waals surface area contributed by atoms with Gasteiger partial charge in [0.1, 0.15) is 24.4 Å². The summed E-state index contributed by atoms with van der Waals surface area (Å²) in [6.07, 6.45) is 60.4. The third-order valence-corrected chi connectivity index (χ3v) is 14.6. The lowest BCUT2D eigenvalue weighted by Crippen LogP contribution is -2.61. The number of hydrogen-bond acceptors (Lipinski definition) is 10. The van der Waals surface area contributed by atoms with E-state index in [0.717, 1.165) is 103 Å². The van der Waals surface area contributed by atoms with Crippen LogP contribution in [0.2, 0.25) is 0 Å². The second-order valence-electron chi connectivity index (χ2n) is 21.8. The van der Waals surface area contributed by atoms with Gasteiger partial charge in [-0.15, -0.1) is 0 Å². The Bertz CT molecular complexity index is 1590. The molecule has 11 nitrogen and oxygen atoms in total. The molecule has 0 aromatic rings. The lowest BCUT2D eigenvalue weighted by atomic mass is 9.99. The molecule has 0 spiro atoms. The van der Waals surface area contributed by atoms with Gasteiger partial charge in [-0.2, -0.15) is 0 Å². The van der Waals surface area contributed by atoms with Gasteiger partial charge in [-0.05, 0) is 77.0 Å². The minimum absolute atomic E-state index is 0.0911. The van der Waals surface area contributed by atoms with Crippen LogP contribution in [0.15, 0.2) is 85.1 Å². The van der Waals surface area contributed by atoms with Crippen molar-refractivity contribution in [3.05, 3.63) is 85.1 Å². The number of esters is 1. The summed E-state index contributed by atoms with van der Waals surface area (Å²) >= 11 is 0. The molecule has 1 saturated heterocycles. The third-order valence-electron chi connectivity index (χ3n) is 14.6. The monoisotopic (exact) mass is 1100 g/mol. The van der Waals surface area contributed by atoms with Crippen molar-refractivity contribution in [2.45, 2.75) is 314 Å². The summed E-state index contributed by atoms with van der Waals surface area (Å²) < 4.78 is 17.6. The first-order valence-electron chi connectivity index (χ1n) is 31.9. The highest BCUT2D eigenvalue weighted by molar-refractivity contribution is 5.80. The quantitative estimate of drug-likeness (QED) is 0.0195. The molecule has 0 radical (unpaired) electrons. The fraction of sp³-hybridized carbons (Fsp3) is 0.761. The summed E-state index contributed by atoms with van der Waals surface area (Å²) in [6, 6.07) is -1.03. The number of carbonyl (C=O) groups is 2. The molecule has 1 aliphatic heterocycles. The van der Waals surface area contributed by atoms with Gasteiger partial charge < -0.3 is 45.1 Å². The van der Waals surface area contributed by atoms with Crippen molar-refractivity contribution in [2.75, 3.05) is 13.2 Å². The van der Waals surface area contributed by atoms with Crippen molar-refractivity contribution < 1.29 is 49.3 Å². The van der Waals surface area contributed by atoms with E-state index in [2.05, 4.69) is 99.0 Å². The first-order chi connectivity index (χ1) is 38.2. The van der Waals surface area contributed by atoms with Crippen LogP contribution in [0.25, 0.3) is 0 Å². The number of allylic oxidation sites excluding steroid dienone is 13. The number of hydrogen-bond donors (Lipinski definition) is 6. The standard InChI is InChI=1S/C67H117NO10/c1-4-7-10-13-16-19-22-25-27-28-29-30-31-32-33-34-35-37-40-43-46-49-52-55-62(72)78-65-64(74)63(73)61(56-69)77-67(65)76-57-58(59(70)53-50-47-44-41-38-24-21-18-15-12-9-6-3)68-66(75)60(71)54-51-48-45-42-39-36-26-23-20-17-14-11-8-5-2/h7,10,16,19,25,27,29-30,32-33,35,37,50,53,58-61,63-65,67,69-71,73-74H,4-6,8-9,11-15,17-18,20-24,26,28,31,34,36,38-49,51-52,54-57H2,1-3H3,(H,68,75)/b10-7-,19-16-,27-25-,30-29-,33-32-,37-35-,53-50+. The number of aliphatic hydroxyl groups excluding tert-OH is 5. The van der Waals surface area contributed by atoms with Crippen LogP contribution in [-0.2, 0) is 23.8 Å². The number of rotatable bonds is 53. The van der Waals surface area contributed by atoms with Gasteiger partial charge in [-0.25, -0.2) is 0 Å². The van der Waals surface area contributed by atoms with Crippen molar-refractivity contribution in [3.8, 4) is 0 Å². The molecule has 1 fully saturated rings. The topological polar surface area (TPSA) is 175 Å². The molecule has 450 valence electrons. The van der Waals surface area contributed by atoms with Crippen molar-refractivity contribution in [3.63, 3.8) is 0 Å². The molecule has 1 amide bonds. The first kappa shape index (κ1) is 72.9. The van der Waals surface area contributed by atoms with Gasteiger partial charge in [0.2, 0.25) is 5.91 Å². The second kappa shape index (κ2) is 54.4. The number of aliphatic hydroxyl groups is 5. The SMILES string of the molecule is CC/C=C\C/C=C\C/C=C\C/C=C\C/C=C\C/C=C\CCCCCCC(=O)OC1C(OCC(NC(=O)C(O)CCCCCCCCCCCCCCCC)C(O)/C=C/CCCCCCCCCCCC)OC(CO)C(O)C1O. The Kier molecular flexibility index (Phi) is 50.8. The van der Waals surface area contributed by atoms with E-state index in [9.17, 15) is 35.1 Å². The fourth-order valence-electron chi connectivity index (χ4n) is 9.54. The molecule has 0 bridgehead atoms. The van der Waals surface area contributed by atoms with Crippen LogP contribution in [-0.4, -0.2) is 99.6 Å². The molecule has 11 heteroatoms. The van der Waals surface area contributed by atoms with E-state index in [0.29, 0.717) is 12.8 Å². The summed E-state index contributed by atoms with van der Waals surface area (Å²) in [7, 11) is 0. The Morgan fingerprint density at radius 2 is 0.923 bits per heavy atom. The van der Waals surface area contributed by atoms with E-state index >= 15 is 0 Å². The predicted octanol–water partition coefficient (Wildman–Crippen LogP) is 15.3. The molecule has 0 saturated carbocycles. The molecule has 0 aromatic heterocycles. The lowest BCUT2D eigenvalue weighted by Gasteiger charge is -2.41. The highest BCUT2D eigenvalue weighted by Gasteiger charge is 2.47. The van der Waals surface area contributed by atoms with Crippen LogP contribution < -0.4 is 5.32 Å². The van der Waals surface area contributed by atoms with Gasteiger partial charge in [-0.3, -0.25) is 9.59 Å². The maximum Gasteiger partial charge on any atom is 0.306 e. The number of nitrogens with one attached hydrogen (secondary N) is 1. The van der Waals surface area contributed by atoms with E-state index in [1.807, 2.05) is 6.08 Å². The van der Waals surface area contributed by atoms with Gasteiger partial charge >= 0.3 is 5.97 Å². The summed E-state index contributed by atoms with van der Waals surface area (Å²) in [5.41, 5.74) is 0. The Balaban J connectivity index is 2.66. The molecule has 1 aliphatic rings. The minimum atomic E-state index is -1.63. The highest BCUT2D eigenvalue weighted by Crippen LogP contribution is 2.26. The maximum absolute atomic E-state index is 13.4. The molecule has 0 aromatic carbocycles. The highest BCUT2D eigenvalue weighted by atomic mass is 16.7. The van der Waals surface area contributed by atoms with E-state index in [1.54, 1.807) is 6.08 Å². The third kappa shape index (κ3) is 41.8. The van der Waals surface area contributed by atoms with Crippen LogP contribution in [0.4, 0.5) is 0 Å². The number of unbranched alkanes of at least 4 members (excludes halogenated alkanes) is 27. The molecule has 0 aliphatic carbocycles. The maximum atomic E-state index is 13.4. The average molecular weight is 1100 g/mol. The lowest BCUT2D eigenvalue weighted by molar-refractivity contribution is -0.305. The zero-order chi connectivity index (χ0) is 56.8. The Morgan fingerprint density at radius 3 is 1.38 bits per heavy atom. The predicted molar refractivity (Wildman–Crippen MR) is 324 cm³/mol. The molecule has 1 rings (SSSR count). The zero-order valence-electron chi connectivity index (χ0n) is 49.8. The minimum Gasteiger partial charge on any atom is -0.454 e. The van der Waals surface area contributed by atoms with E-state index in [4.69, 9.17) is 14.2 Å². The van der Waals surface area contributed by atoms with Gasteiger partial charge in [0, 0.05) is 6.42 Å². The molecule has 1 heterocycles. The first-order valence-corrected chi connectivity index (χ1v) is 31.9. The van der Waals surface area contributed by atoms with Crippen LogP contribution >= 0.6 is 0 Å². The van der Waals surface area contributed by atoms with Gasteiger partial charge in [0.05, 0.1) is 25.4 Å². The molecule has 8 atom stereocenters. The van der Waals surface area contributed by atoms with E-state index < -0.39 is 67.4 Å². The Labute approximate surface area is 476 Å². The van der Waals surface area contributed by atoms with Crippen LogP contribution in [0.3, 0.4) is 0 Å². The summed E-state index contributed by atoms with van der Waals surface area (Å²) in [6.45, 7) is 5.66.